The van der Waals surface area contributed by atoms with E-state index >= 15 is 0 Å². The maximum Gasteiger partial charge on any atom is 0.238 e. The van der Waals surface area contributed by atoms with Gasteiger partial charge >= 0.3 is 0 Å². The van der Waals surface area contributed by atoms with Gasteiger partial charge < -0.3 is 15.4 Å². The molecule has 0 aromatic heterocycles. The van der Waals surface area contributed by atoms with Crippen LogP contribution in [-0.2, 0) is 16.1 Å². The van der Waals surface area contributed by atoms with Crippen LogP contribution in [0.2, 0.25) is 5.02 Å². The van der Waals surface area contributed by atoms with Gasteiger partial charge in [0.25, 0.3) is 0 Å². The van der Waals surface area contributed by atoms with Gasteiger partial charge in [-0.25, -0.2) is 0 Å². The van der Waals surface area contributed by atoms with Crippen LogP contribution in [0.1, 0.15) is 24.1 Å². The first kappa shape index (κ1) is 19.8. The van der Waals surface area contributed by atoms with E-state index in [4.69, 9.17) is 16.3 Å². The Morgan fingerprint density at radius 1 is 1.11 bits per heavy atom. The summed E-state index contributed by atoms with van der Waals surface area (Å²) in [6.07, 6.45) is 0. The Hall–Kier alpha value is -1.92. The lowest BCUT2D eigenvalue weighted by Crippen LogP contribution is -2.35. The molecule has 6 heteroatoms. The van der Waals surface area contributed by atoms with E-state index in [9.17, 15) is 4.79 Å². The Bertz CT molecular complexity index is 728. The number of nitrogens with zero attached hydrogens (tertiary/aromatic N) is 1. The number of anilines is 1. The van der Waals surface area contributed by atoms with Gasteiger partial charge in [0.1, 0.15) is 0 Å². The monoisotopic (exact) mass is 387 g/mol. The van der Waals surface area contributed by atoms with Crippen molar-refractivity contribution >= 4 is 23.2 Å². The van der Waals surface area contributed by atoms with Crippen molar-refractivity contribution in [3.8, 4) is 0 Å². The highest BCUT2D eigenvalue weighted by atomic mass is 35.5. The molecule has 2 aromatic carbocycles. The molecule has 1 fully saturated rings. The van der Waals surface area contributed by atoms with Crippen LogP contribution < -0.4 is 10.6 Å². The van der Waals surface area contributed by atoms with Gasteiger partial charge in [0, 0.05) is 36.4 Å². The molecule has 5 nitrogen and oxygen atoms in total. The van der Waals surface area contributed by atoms with Crippen molar-refractivity contribution in [2.75, 3.05) is 38.2 Å². The second kappa shape index (κ2) is 9.85. The fourth-order valence-electron chi connectivity index (χ4n) is 3.03. The summed E-state index contributed by atoms with van der Waals surface area (Å²) in [5, 5.41) is 6.87. The van der Waals surface area contributed by atoms with E-state index in [1.807, 2.05) is 43.3 Å². The molecule has 0 bridgehead atoms. The molecule has 1 aliphatic rings. The summed E-state index contributed by atoms with van der Waals surface area (Å²) < 4.78 is 5.37. The van der Waals surface area contributed by atoms with Crippen molar-refractivity contribution in [3.63, 3.8) is 0 Å². The Labute approximate surface area is 165 Å². The predicted molar refractivity (Wildman–Crippen MR) is 109 cm³/mol. The molecule has 2 aromatic rings. The van der Waals surface area contributed by atoms with E-state index < -0.39 is 0 Å². The highest BCUT2D eigenvalue weighted by Crippen LogP contribution is 2.16. The molecule has 0 saturated carbocycles. The van der Waals surface area contributed by atoms with E-state index in [0.717, 1.165) is 44.1 Å². The SMILES string of the molecule is C[C@H](NCC(=O)Nc1ccc(CN2CCOCC2)cc1)c1ccc(Cl)cc1. The molecule has 2 N–H and O–H groups in total. The molecule has 0 aliphatic carbocycles. The van der Waals surface area contributed by atoms with Crippen molar-refractivity contribution < 1.29 is 9.53 Å². The quantitative estimate of drug-likeness (QED) is 0.763. The van der Waals surface area contributed by atoms with Crippen LogP contribution in [0.15, 0.2) is 48.5 Å². The number of rotatable bonds is 7. The Kier molecular flexibility index (Phi) is 7.24. The molecular formula is C21H26ClN3O2. The molecule has 1 amide bonds. The molecule has 3 rings (SSSR count). The third kappa shape index (κ3) is 6.33. The number of benzene rings is 2. The zero-order valence-corrected chi connectivity index (χ0v) is 16.3. The highest BCUT2D eigenvalue weighted by molar-refractivity contribution is 6.30. The molecule has 27 heavy (non-hydrogen) atoms. The first-order chi connectivity index (χ1) is 13.1. The van der Waals surface area contributed by atoms with Crippen LogP contribution >= 0.6 is 11.6 Å². The summed E-state index contributed by atoms with van der Waals surface area (Å²) >= 11 is 5.91. The minimum absolute atomic E-state index is 0.0586. The van der Waals surface area contributed by atoms with Gasteiger partial charge in [0.15, 0.2) is 0 Å². The minimum Gasteiger partial charge on any atom is -0.379 e. The lowest BCUT2D eigenvalue weighted by atomic mass is 10.1. The van der Waals surface area contributed by atoms with Gasteiger partial charge in [-0.1, -0.05) is 35.9 Å². The third-order valence-corrected chi connectivity index (χ3v) is 4.94. The average Bonchev–Trinajstić information content (AvgIpc) is 2.69. The summed E-state index contributed by atoms with van der Waals surface area (Å²) in [5.74, 6) is -0.0586. The number of nitrogens with one attached hydrogen (secondary N) is 2. The highest BCUT2D eigenvalue weighted by Gasteiger charge is 2.11. The number of hydrogen-bond donors (Lipinski definition) is 2. The van der Waals surface area contributed by atoms with E-state index in [0.29, 0.717) is 5.02 Å². The standard InChI is InChI=1S/C21H26ClN3O2/c1-16(18-4-6-19(22)7-5-18)23-14-21(26)24-20-8-2-17(3-9-20)15-25-10-12-27-13-11-25/h2-9,16,23H,10-15H2,1H3,(H,24,26)/t16-/m0/s1. The summed E-state index contributed by atoms with van der Waals surface area (Å²) in [4.78, 5) is 14.6. The van der Waals surface area contributed by atoms with Crippen molar-refractivity contribution in [2.24, 2.45) is 0 Å². The Morgan fingerprint density at radius 3 is 2.44 bits per heavy atom. The van der Waals surface area contributed by atoms with Gasteiger partial charge in [-0.15, -0.1) is 0 Å². The lowest BCUT2D eigenvalue weighted by molar-refractivity contribution is -0.115. The summed E-state index contributed by atoms with van der Waals surface area (Å²) in [6, 6.07) is 15.7. The fraction of sp³-hybridized carbons (Fsp3) is 0.381. The van der Waals surface area contributed by atoms with E-state index in [2.05, 4.69) is 27.7 Å². The predicted octanol–water partition coefficient (Wildman–Crippen LogP) is 3.46. The molecule has 0 unspecified atom stereocenters. The maximum absolute atomic E-state index is 12.2. The molecule has 1 aliphatic heterocycles. The molecule has 144 valence electrons. The molecule has 1 saturated heterocycles. The number of hydrogen-bond acceptors (Lipinski definition) is 4. The van der Waals surface area contributed by atoms with Gasteiger partial charge in [-0.2, -0.15) is 0 Å². The maximum atomic E-state index is 12.2. The number of amides is 1. The number of carbonyl (C=O) groups excluding carboxylic acids is 1. The van der Waals surface area contributed by atoms with Crippen LogP contribution in [0.4, 0.5) is 5.69 Å². The molecule has 0 radical (unpaired) electrons. The number of morpholine rings is 1. The van der Waals surface area contributed by atoms with Gasteiger partial charge in [0.2, 0.25) is 5.91 Å². The van der Waals surface area contributed by atoms with Gasteiger partial charge in [-0.3, -0.25) is 9.69 Å². The number of halogens is 1. The Balaban J connectivity index is 1.44. The number of carbonyl (C=O) groups is 1. The average molecular weight is 388 g/mol. The number of ether oxygens (including phenoxy) is 1. The van der Waals surface area contributed by atoms with E-state index in [1.165, 1.54) is 5.56 Å². The molecular weight excluding hydrogens is 362 g/mol. The van der Waals surface area contributed by atoms with Crippen LogP contribution in [0.3, 0.4) is 0 Å². The van der Waals surface area contributed by atoms with E-state index in [-0.39, 0.29) is 18.5 Å². The first-order valence-corrected chi connectivity index (χ1v) is 9.66. The van der Waals surface area contributed by atoms with Crippen LogP contribution in [0.25, 0.3) is 0 Å². The third-order valence-electron chi connectivity index (χ3n) is 4.69. The van der Waals surface area contributed by atoms with Crippen molar-refractivity contribution in [2.45, 2.75) is 19.5 Å². The second-order valence-corrected chi connectivity index (χ2v) is 7.22. The van der Waals surface area contributed by atoms with E-state index in [1.54, 1.807) is 0 Å². The Morgan fingerprint density at radius 2 is 1.78 bits per heavy atom. The summed E-state index contributed by atoms with van der Waals surface area (Å²) in [5.41, 5.74) is 3.15. The van der Waals surface area contributed by atoms with Gasteiger partial charge in [-0.05, 0) is 42.3 Å². The first-order valence-electron chi connectivity index (χ1n) is 9.28. The minimum atomic E-state index is -0.0586. The smallest absolute Gasteiger partial charge is 0.238 e. The summed E-state index contributed by atoms with van der Waals surface area (Å²) in [7, 11) is 0. The largest absolute Gasteiger partial charge is 0.379 e. The molecule has 1 heterocycles. The molecule has 0 spiro atoms. The topological polar surface area (TPSA) is 53.6 Å². The van der Waals surface area contributed by atoms with Crippen LogP contribution in [0.5, 0.6) is 0 Å². The molecule has 1 atom stereocenters. The van der Waals surface area contributed by atoms with Crippen molar-refractivity contribution in [1.82, 2.24) is 10.2 Å². The summed E-state index contributed by atoms with van der Waals surface area (Å²) in [6.45, 7) is 6.73. The zero-order valence-electron chi connectivity index (χ0n) is 15.6. The lowest BCUT2D eigenvalue weighted by Gasteiger charge is -2.26. The van der Waals surface area contributed by atoms with Crippen LogP contribution in [-0.4, -0.2) is 43.7 Å². The fourth-order valence-corrected chi connectivity index (χ4v) is 3.16. The normalized spacial score (nSPS) is 16.1. The second-order valence-electron chi connectivity index (χ2n) is 6.79. The van der Waals surface area contributed by atoms with Gasteiger partial charge in [0.05, 0.1) is 19.8 Å². The van der Waals surface area contributed by atoms with Crippen molar-refractivity contribution in [3.05, 3.63) is 64.7 Å². The van der Waals surface area contributed by atoms with Crippen molar-refractivity contribution in [1.29, 1.82) is 0 Å². The zero-order chi connectivity index (χ0) is 19.1. The van der Waals surface area contributed by atoms with Crippen LogP contribution in [0, 0.1) is 0 Å².